The van der Waals surface area contributed by atoms with Gasteiger partial charge in [0.15, 0.2) is 5.78 Å². The van der Waals surface area contributed by atoms with E-state index in [0.29, 0.717) is 11.3 Å². The minimum Gasteiger partial charge on any atom is -0.465 e. The van der Waals surface area contributed by atoms with Crippen LogP contribution in [0.4, 0.5) is 0 Å². The van der Waals surface area contributed by atoms with E-state index >= 15 is 0 Å². The first-order valence-electron chi connectivity index (χ1n) is 5.73. The molecule has 1 aromatic rings. The molecule has 0 spiro atoms. The van der Waals surface area contributed by atoms with Crippen LogP contribution in [0.3, 0.4) is 0 Å². The number of Topliss-reactive ketones (excluding diaryl/α,β-unsaturated/α-hetero) is 1. The highest BCUT2D eigenvalue weighted by atomic mass is 16.5. The monoisotopic (exact) mass is 274 g/mol. The highest BCUT2D eigenvalue weighted by molar-refractivity contribution is 6.19. The first kappa shape index (κ1) is 15.4. The molecule has 0 fully saturated rings. The van der Waals surface area contributed by atoms with Crippen LogP contribution in [0.25, 0.3) is 6.08 Å². The zero-order valence-electron chi connectivity index (χ0n) is 11.2. The van der Waals surface area contributed by atoms with Crippen molar-refractivity contribution in [2.75, 3.05) is 7.11 Å². The molecular formula is C15H14O5. The van der Waals surface area contributed by atoms with Gasteiger partial charge in [0.2, 0.25) is 0 Å². The van der Waals surface area contributed by atoms with Crippen LogP contribution < -0.4 is 4.74 Å². The van der Waals surface area contributed by atoms with E-state index in [2.05, 4.69) is 11.3 Å². The fourth-order valence-corrected chi connectivity index (χ4v) is 1.37. The number of hydrogen-bond acceptors (Lipinski definition) is 5. The third kappa shape index (κ3) is 4.20. The fourth-order valence-electron chi connectivity index (χ4n) is 1.37. The molecule has 0 atom stereocenters. The summed E-state index contributed by atoms with van der Waals surface area (Å²) in [7, 11) is 1.21. The van der Waals surface area contributed by atoms with E-state index in [0.717, 1.165) is 6.08 Å². The van der Waals surface area contributed by atoms with Gasteiger partial charge in [-0.1, -0.05) is 18.7 Å². The number of ketones is 1. The molecule has 0 N–H and O–H groups in total. The quantitative estimate of drug-likeness (QED) is 0.270. The lowest BCUT2D eigenvalue weighted by Gasteiger charge is -2.03. The second-order valence-corrected chi connectivity index (χ2v) is 3.80. The smallest absolute Gasteiger partial charge is 0.341 e. The molecule has 0 unspecified atom stereocenters. The van der Waals surface area contributed by atoms with Crippen LogP contribution in [0.15, 0.2) is 42.5 Å². The van der Waals surface area contributed by atoms with Crippen molar-refractivity contribution < 1.29 is 23.9 Å². The summed E-state index contributed by atoms with van der Waals surface area (Å²) in [5.74, 6) is -1.31. The molecule has 0 heterocycles. The molecule has 20 heavy (non-hydrogen) atoms. The molecule has 0 saturated carbocycles. The van der Waals surface area contributed by atoms with Crippen LogP contribution in [0.5, 0.6) is 5.75 Å². The first-order chi connectivity index (χ1) is 9.47. The Morgan fingerprint density at radius 2 is 1.75 bits per heavy atom. The van der Waals surface area contributed by atoms with Gasteiger partial charge in [0.05, 0.1) is 7.11 Å². The van der Waals surface area contributed by atoms with Crippen molar-refractivity contribution in [3.05, 3.63) is 48.1 Å². The van der Waals surface area contributed by atoms with Crippen LogP contribution in [0.2, 0.25) is 0 Å². The van der Waals surface area contributed by atoms with Gasteiger partial charge in [0.1, 0.15) is 11.3 Å². The number of carbonyl (C=O) groups is 3. The molecule has 5 heteroatoms. The standard InChI is InChI=1S/C15H14O5/c1-4-14(17)20-12-7-5-11(6-8-12)9-13(10(2)16)15(18)19-3/h4-9H,1H2,2-3H3. The molecule has 0 amide bonds. The summed E-state index contributed by atoms with van der Waals surface area (Å²) in [6, 6.07) is 6.31. The molecule has 0 aliphatic heterocycles. The predicted octanol–water partition coefficient (Wildman–Crippen LogP) is 1.92. The number of methoxy groups -OCH3 is 1. The Hall–Kier alpha value is -2.69. The summed E-state index contributed by atoms with van der Waals surface area (Å²) in [4.78, 5) is 33.8. The lowest BCUT2D eigenvalue weighted by molar-refractivity contribution is -0.137. The summed E-state index contributed by atoms with van der Waals surface area (Å²) in [5, 5.41) is 0. The first-order valence-corrected chi connectivity index (χ1v) is 5.73. The highest BCUT2D eigenvalue weighted by Crippen LogP contribution is 2.15. The second kappa shape index (κ2) is 7.04. The molecule has 104 valence electrons. The summed E-state index contributed by atoms with van der Waals surface area (Å²) in [5.41, 5.74) is 0.558. The van der Waals surface area contributed by atoms with E-state index < -0.39 is 11.9 Å². The minimum atomic E-state index is -0.695. The van der Waals surface area contributed by atoms with Crippen molar-refractivity contribution in [2.45, 2.75) is 6.92 Å². The Labute approximate surface area is 116 Å². The number of hydrogen-bond donors (Lipinski definition) is 0. The fraction of sp³-hybridized carbons (Fsp3) is 0.133. The second-order valence-electron chi connectivity index (χ2n) is 3.80. The maximum atomic E-state index is 11.4. The molecule has 1 rings (SSSR count). The third-order valence-corrected chi connectivity index (χ3v) is 2.36. The number of carbonyl (C=O) groups excluding carboxylic acids is 3. The maximum absolute atomic E-state index is 11.4. The Morgan fingerprint density at radius 1 is 1.15 bits per heavy atom. The molecule has 1 aromatic carbocycles. The van der Waals surface area contributed by atoms with Crippen molar-refractivity contribution in [2.24, 2.45) is 0 Å². The SMILES string of the molecule is C=CC(=O)Oc1ccc(C=C(C(C)=O)C(=O)OC)cc1. The van der Waals surface area contributed by atoms with Crippen LogP contribution in [0, 0.1) is 0 Å². The molecule has 0 aromatic heterocycles. The van der Waals surface area contributed by atoms with Gasteiger partial charge in [-0.3, -0.25) is 4.79 Å². The van der Waals surface area contributed by atoms with Crippen molar-refractivity contribution in [3.63, 3.8) is 0 Å². The van der Waals surface area contributed by atoms with Crippen LogP contribution in [0.1, 0.15) is 12.5 Å². The maximum Gasteiger partial charge on any atom is 0.341 e. The summed E-state index contributed by atoms with van der Waals surface area (Å²) in [6.07, 6.45) is 2.46. The summed E-state index contributed by atoms with van der Waals surface area (Å²) < 4.78 is 9.43. The Balaban J connectivity index is 2.97. The third-order valence-electron chi connectivity index (χ3n) is 2.36. The number of esters is 2. The van der Waals surface area contributed by atoms with Crippen LogP contribution in [-0.4, -0.2) is 24.8 Å². The molecule has 0 bridgehead atoms. The van der Waals surface area contributed by atoms with Crippen molar-refractivity contribution in [1.29, 1.82) is 0 Å². The van der Waals surface area contributed by atoms with E-state index in [1.54, 1.807) is 24.3 Å². The van der Waals surface area contributed by atoms with Gasteiger partial charge in [-0.05, 0) is 30.7 Å². The topological polar surface area (TPSA) is 69.7 Å². The van der Waals surface area contributed by atoms with Crippen LogP contribution in [-0.2, 0) is 19.1 Å². The molecule has 0 aliphatic rings. The van der Waals surface area contributed by atoms with Crippen molar-refractivity contribution in [3.8, 4) is 5.75 Å². The molecule has 0 saturated heterocycles. The normalized spacial score (nSPS) is 10.6. The van der Waals surface area contributed by atoms with E-state index in [4.69, 9.17) is 4.74 Å². The van der Waals surface area contributed by atoms with Crippen molar-refractivity contribution in [1.82, 2.24) is 0 Å². The average Bonchev–Trinajstić information content (AvgIpc) is 2.45. The Kier molecular flexibility index (Phi) is 5.41. The lowest BCUT2D eigenvalue weighted by atomic mass is 10.1. The summed E-state index contributed by atoms with van der Waals surface area (Å²) >= 11 is 0. The highest BCUT2D eigenvalue weighted by Gasteiger charge is 2.14. The van der Waals surface area contributed by atoms with E-state index in [-0.39, 0.29) is 11.4 Å². The van der Waals surface area contributed by atoms with Gasteiger partial charge in [-0.25, -0.2) is 9.59 Å². The zero-order valence-corrected chi connectivity index (χ0v) is 11.2. The van der Waals surface area contributed by atoms with Crippen molar-refractivity contribution >= 4 is 23.8 Å². The average molecular weight is 274 g/mol. The van der Waals surface area contributed by atoms with Gasteiger partial charge in [-0.15, -0.1) is 0 Å². The van der Waals surface area contributed by atoms with E-state index in [1.807, 2.05) is 0 Å². The van der Waals surface area contributed by atoms with Gasteiger partial charge >= 0.3 is 11.9 Å². The van der Waals surface area contributed by atoms with Gasteiger partial charge in [0, 0.05) is 6.08 Å². The van der Waals surface area contributed by atoms with E-state index in [1.165, 1.54) is 20.1 Å². The lowest BCUT2D eigenvalue weighted by Crippen LogP contribution is -2.11. The van der Waals surface area contributed by atoms with Gasteiger partial charge < -0.3 is 9.47 Å². The minimum absolute atomic E-state index is 0.0525. The number of benzene rings is 1. The molecule has 0 aliphatic carbocycles. The zero-order chi connectivity index (χ0) is 15.1. The summed E-state index contributed by atoms with van der Waals surface area (Å²) in [6.45, 7) is 4.57. The largest absolute Gasteiger partial charge is 0.465 e. The van der Waals surface area contributed by atoms with Gasteiger partial charge in [0.25, 0.3) is 0 Å². The molecular weight excluding hydrogens is 260 g/mol. The predicted molar refractivity (Wildman–Crippen MR) is 72.9 cm³/mol. The van der Waals surface area contributed by atoms with E-state index in [9.17, 15) is 14.4 Å². The Morgan fingerprint density at radius 3 is 2.20 bits per heavy atom. The van der Waals surface area contributed by atoms with Gasteiger partial charge in [-0.2, -0.15) is 0 Å². The van der Waals surface area contributed by atoms with Crippen LogP contribution >= 0.6 is 0 Å². The number of ether oxygens (including phenoxy) is 2. The molecule has 0 radical (unpaired) electrons. The number of rotatable bonds is 5. The Bertz CT molecular complexity index is 566. The molecule has 5 nitrogen and oxygen atoms in total.